The first-order valence-corrected chi connectivity index (χ1v) is 12.9. The fraction of sp³-hybridized carbons (Fsp3) is 0.269. The van der Waals surface area contributed by atoms with Gasteiger partial charge in [0.1, 0.15) is 23.6 Å². The van der Waals surface area contributed by atoms with Crippen molar-refractivity contribution in [2.75, 3.05) is 18.0 Å². The first kappa shape index (κ1) is 24.9. The number of nitrogens with zero attached hydrogens (tertiary/aromatic N) is 1. The molecule has 1 unspecified atom stereocenters. The van der Waals surface area contributed by atoms with E-state index in [4.69, 9.17) is 21.1 Å². The van der Waals surface area contributed by atoms with E-state index in [1.807, 2.05) is 38.1 Å². The number of methoxy groups -OCH3 is 1. The molecule has 35 heavy (non-hydrogen) atoms. The molecule has 9 heteroatoms. The van der Waals surface area contributed by atoms with Crippen LogP contribution in [0.15, 0.2) is 77.7 Å². The maximum atomic E-state index is 13.7. The lowest BCUT2D eigenvalue weighted by molar-refractivity contribution is -0.120. The molecular formula is C26H27ClN2O5S. The molecule has 4 rings (SSSR count). The molecule has 0 aliphatic carbocycles. The number of nitrogens with one attached hydrogen (secondary N) is 1. The van der Waals surface area contributed by atoms with Crippen LogP contribution in [0.3, 0.4) is 0 Å². The molecule has 3 aromatic carbocycles. The van der Waals surface area contributed by atoms with E-state index in [0.29, 0.717) is 17.2 Å². The lowest BCUT2D eigenvalue weighted by Crippen LogP contribution is -2.45. The van der Waals surface area contributed by atoms with Gasteiger partial charge in [-0.3, -0.25) is 9.10 Å². The van der Waals surface area contributed by atoms with Crippen LogP contribution in [0.2, 0.25) is 5.02 Å². The van der Waals surface area contributed by atoms with Crippen LogP contribution >= 0.6 is 11.6 Å². The molecule has 1 amide bonds. The van der Waals surface area contributed by atoms with Gasteiger partial charge >= 0.3 is 0 Å². The zero-order valence-corrected chi connectivity index (χ0v) is 21.3. The summed E-state index contributed by atoms with van der Waals surface area (Å²) in [4.78, 5) is 13.4. The second-order valence-electron chi connectivity index (χ2n) is 8.86. The summed E-state index contributed by atoms with van der Waals surface area (Å²) >= 11 is 6.20. The fourth-order valence-corrected chi connectivity index (χ4v) is 5.79. The molecule has 0 aromatic heterocycles. The summed E-state index contributed by atoms with van der Waals surface area (Å²) in [5, 5.41) is 3.32. The van der Waals surface area contributed by atoms with Gasteiger partial charge in [-0.1, -0.05) is 48.0 Å². The first-order chi connectivity index (χ1) is 16.6. The van der Waals surface area contributed by atoms with Crippen molar-refractivity contribution in [1.82, 2.24) is 5.32 Å². The van der Waals surface area contributed by atoms with Gasteiger partial charge in [-0.15, -0.1) is 0 Å². The van der Waals surface area contributed by atoms with Crippen molar-refractivity contribution in [2.45, 2.75) is 36.8 Å². The van der Waals surface area contributed by atoms with Crippen LogP contribution in [0.5, 0.6) is 11.5 Å². The molecule has 1 aliphatic rings. The van der Waals surface area contributed by atoms with Crippen LogP contribution in [-0.2, 0) is 14.8 Å². The number of anilines is 1. The molecule has 3 aromatic rings. The Balaban J connectivity index is 1.70. The van der Waals surface area contributed by atoms with Crippen LogP contribution in [0.1, 0.15) is 31.9 Å². The summed E-state index contributed by atoms with van der Waals surface area (Å²) in [6.07, 6.45) is 0.529. The highest BCUT2D eigenvalue weighted by Gasteiger charge is 2.36. The van der Waals surface area contributed by atoms with E-state index in [2.05, 4.69) is 5.32 Å². The highest BCUT2D eigenvalue weighted by atomic mass is 35.5. The van der Waals surface area contributed by atoms with E-state index in [0.717, 1.165) is 9.87 Å². The summed E-state index contributed by atoms with van der Waals surface area (Å²) < 4.78 is 39.8. The number of hydrogen-bond donors (Lipinski definition) is 1. The van der Waals surface area contributed by atoms with Crippen molar-refractivity contribution in [3.63, 3.8) is 0 Å². The van der Waals surface area contributed by atoms with Crippen LogP contribution in [0, 0.1) is 0 Å². The van der Waals surface area contributed by atoms with E-state index in [9.17, 15) is 13.2 Å². The van der Waals surface area contributed by atoms with E-state index in [1.165, 1.54) is 25.3 Å². The topological polar surface area (TPSA) is 84.9 Å². The van der Waals surface area contributed by atoms with Crippen LogP contribution in [0.25, 0.3) is 0 Å². The van der Waals surface area contributed by atoms with Crippen LogP contribution in [-0.4, -0.2) is 33.6 Å². The predicted octanol–water partition coefficient (Wildman–Crippen LogP) is 4.96. The number of rotatable bonds is 7. The van der Waals surface area contributed by atoms with Gasteiger partial charge < -0.3 is 14.8 Å². The molecule has 0 bridgehead atoms. The molecule has 184 valence electrons. The molecule has 0 fully saturated rings. The number of hydrogen-bond acceptors (Lipinski definition) is 5. The molecule has 1 heterocycles. The van der Waals surface area contributed by atoms with Gasteiger partial charge in [-0.25, -0.2) is 8.42 Å². The van der Waals surface area contributed by atoms with Gasteiger partial charge in [0.2, 0.25) is 5.91 Å². The Bertz CT molecular complexity index is 1330. The molecule has 0 spiro atoms. The second-order valence-corrected chi connectivity index (χ2v) is 11.2. The Morgan fingerprint density at radius 3 is 2.51 bits per heavy atom. The van der Waals surface area contributed by atoms with Gasteiger partial charge in [-0.05, 0) is 50.2 Å². The van der Waals surface area contributed by atoms with Crippen molar-refractivity contribution in [3.8, 4) is 11.5 Å². The monoisotopic (exact) mass is 514 g/mol. The fourth-order valence-electron chi connectivity index (χ4n) is 4.18. The third-order valence-corrected chi connectivity index (χ3v) is 7.75. The number of fused-ring (bicyclic) bond motifs is 1. The number of amides is 1. The summed E-state index contributed by atoms with van der Waals surface area (Å²) in [5.74, 6) is 0.502. The van der Waals surface area contributed by atoms with Gasteiger partial charge in [0, 0.05) is 17.0 Å². The molecule has 1 aliphatic heterocycles. The zero-order chi connectivity index (χ0) is 25.2. The average Bonchev–Trinajstić information content (AvgIpc) is 2.82. The summed E-state index contributed by atoms with van der Waals surface area (Å²) in [6.45, 7) is 3.43. The van der Waals surface area contributed by atoms with Crippen molar-refractivity contribution < 1.29 is 22.7 Å². The van der Waals surface area contributed by atoms with E-state index < -0.39 is 28.1 Å². The lowest BCUT2D eigenvalue weighted by Gasteiger charge is -2.38. The predicted molar refractivity (Wildman–Crippen MR) is 136 cm³/mol. The molecule has 0 radical (unpaired) electrons. The number of carbonyl (C=O) groups excluding carboxylic acids is 1. The van der Waals surface area contributed by atoms with Crippen molar-refractivity contribution in [2.24, 2.45) is 0 Å². The Morgan fingerprint density at radius 1 is 1.11 bits per heavy atom. The minimum Gasteiger partial charge on any atom is -0.495 e. The van der Waals surface area contributed by atoms with Crippen LogP contribution in [0.4, 0.5) is 5.69 Å². The Labute approximate surface area is 210 Å². The molecule has 1 atom stereocenters. The summed E-state index contributed by atoms with van der Waals surface area (Å²) in [5.41, 5.74) is 0.517. The van der Waals surface area contributed by atoms with Gasteiger partial charge in [0.05, 0.1) is 23.7 Å². The Hall–Kier alpha value is -3.23. The van der Waals surface area contributed by atoms with Gasteiger partial charge in [-0.2, -0.15) is 0 Å². The maximum absolute atomic E-state index is 13.7. The second kappa shape index (κ2) is 9.79. The highest BCUT2D eigenvalue weighted by Crippen LogP contribution is 2.39. The van der Waals surface area contributed by atoms with Crippen molar-refractivity contribution >= 4 is 33.2 Å². The third kappa shape index (κ3) is 5.39. The molecule has 7 nitrogen and oxygen atoms in total. The minimum atomic E-state index is -4.11. The third-order valence-electron chi connectivity index (χ3n) is 5.74. The minimum absolute atomic E-state index is 0.0485. The van der Waals surface area contributed by atoms with Gasteiger partial charge in [0.15, 0.2) is 0 Å². The quantitative estimate of drug-likeness (QED) is 0.481. The molecule has 1 N–H and O–H groups in total. The van der Waals surface area contributed by atoms with E-state index >= 15 is 0 Å². The molecular weight excluding hydrogens is 488 g/mol. The molecule has 0 saturated heterocycles. The van der Waals surface area contributed by atoms with E-state index in [-0.39, 0.29) is 22.4 Å². The number of carbonyl (C=O) groups is 1. The van der Waals surface area contributed by atoms with E-state index in [1.54, 1.807) is 30.3 Å². The Kier molecular flexibility index (Phi) is 6.96. The standard InChI is InChI=1S/C26H27ClN2O5S/c1-26(2)16-21(20-11-7-8-12-23(20)34-26)28-25(30)17-29(22-15-18(27)13-14-24(22)33-3)35(31,32)19-9-5-4-6-10-19/h4-15,21H,16-17H2,1-3H3,(H,28,30). The maximum Gasteiger partial charge on any atom is 0.264 e. The lowest BCUT2D eigenvalue weighted by atomic mass is 9.89. The van der Waals surface area contributed by atoms with Crippen molar-refractivity contribution in [3.05, 3.63) is 83.4 Å². The Morgan fingerprint density at radius 2 is 1.80 bits per heavy atom. The number of benzene rings is 3. The normalized spacial score (nSPS) is 16.5. The van der Waals surface area contributed by atoms with Gasteiger partial charge in [0.25, 0.3) is 10.0 Å². The number of para-hydroxylation sites is 1. The average molecular weight is 515 g/mol. The number of halogens is 1. The first-order valence-electron chi connectivity index (χ1n) is 11.1. The number of sulfonamides is 1. The smallest absolute Gasteiger partial charge is 0.264 e. The molecule has 0 saturated carbocycles. The van der Waals surface area contributed by atoms with Crippen molar-refractivity contribution in [1.29, 1.82) is 0 Å². The summed E-state index contributed by atoms with van der Waals surface area (Å²) in [6, 6.07) is 19.7. The zero-order valence-electron chi connectivity index (χ0n) is 19.7. The highest BCUT2D eigenvalue weighted by molar-refractivity contribution is 7.92. The van der Waals surface area contributed by atoms with Crippen LogP contribution < -0.4 is 19.1 Å². The number of ether oxygens (including phenoxy) is 2. The largest absolute Gasteiger partial charge is 0.495 e. The summed E-state index contributed by atoms with van der Waals surface area (Å²) in [7, 11) is -2.68. The SMILES string of the molecule is COc1ccc(Cl)cc1N(CC(=O)NC1CC(C)(C)Oc2ccccc21)S(=O)(=O)c1ccccc1.